The van der Waals surface area contributed by atoms with Gasteiger partial charge in [0.25, 0.3) is 5.91 Å². The number of hydrogen-bond donors (Lipinski definition) is 3. The number of carbonyl (C=O) groups excluding carboxylic acids is 3. The summed E-state index contributed by atoms with van der Waals surface area (Å²) in [5.41, 5.74) is 5.03. The molecule has 0 atom stereocenters. The summed E-state index contributed by atoms with van der Waals surface area (Å²) in [7, 11) is 0. The third-order valence-corrected chi connectivity index (χ3v) is 2.51. The maximum absolute atomic E-state index is 11.9. The molecule has 3 amide bonds. The molecule has 0 unspecified atom stereocenters. The van der Waals surface area contributed by atoms with E-state index < -0.39 is 17.4 Å². The van der Waals surface area contributed by atoms with Crippen molar-refractivity contribution >= 4 is 23.4 Å². The highest BCUT2D eigenvalue weighted by Crippen LogP contribution is 2.11. The molecule has 0 bridgehead atoms. The third kappa shape index (κ3) is 4.09. The van der Waals surface area contributed by atoms with Gasteiger partial charge in [0.2, 0.25) is 11.8 Å². The van der Waals surface area contributed by atoms with Gasteiger partial charge >= 0.3 is 0 Å². The minimum atomic E-state index is -1.12. The fraction of sp³-hybridized carbons (Fsp3) is 0.308. The van der Waals surface area contributed by atoms with Crippen LogP contribution in [0, 0.1) is 0 Å². The van der Waals surface area contributed by atoms with Crippen molar-refractivity contribution in [2.45, 2.75) is 26.3 Å². The quantitative estimate of drug-likeness (QED) is 0.742. The number of rotatable bonds is 4. The predicted molar refractivity (Wildman–Crippen MR) is 71.5 cm³/mol. The Bertz CT molecular complexity index is 506. The second-order valence-electron chi connectivity index (χ2n) is 4.70. The van der Waals surface area contributed by atoms with Crippen LogP contribution in [0.25, 0.3) is 0 Å². The van der Waals surface area contributed by atoms with Crippen molar-refractivity contribution in [3.63, 3.8) is 0 Å². The molecule has 1 aromatic rings. The van der Waals surface area contributed by atoms with Crippen LogP contribution >= 0.6 is 0 Å². The van der Waals surface area contributed by atoms with Gasteiger partial charge in [-0.15, -0.1) is 0 Å². The summed E-state index contributed by atoms with van der Waals surface area (Å²) in [6.07, 6.45) is 0. The van der Waals surface area contributed by atoms with Crippen molar-refractivity contribution in [1.29, 1.82) is 0 Å². The Balaban J connectivity index is 2.79. The van der Waals surface area contributed by atoms with Crippen molar-refractivity contribution in [3.8, 4) is 0 Å². The third-order valence-electron chi connectivity index (χ3n) is 2.51. The zero-order valence-electron chi connectivity index (χ0n) is 11.1. The minimum Gasteiger partial charge on any atom is -0.368 e. The summed E-state index contributed by atoms with van der Waals surface area (Å²) in [5, 5.41) is 5.12. The molecular formula is C13H17N3O3. The molecule has 4 N–H and O–H groups in total. The van der Waals surface area contributed by atoms with Gasteiger partial charge in [-0.3, -0.25) is 14.4 Å². The molecule has 0 aliphatic carbocycles. The van der Waals surface area contributed by atoms with E-state index in [2.05, 4.69) is 10.6 Å². The van der Waals surface area contributed by atoms with Crippen LogP contribution in [0.2, 0.25) is 0 Å². The summed E-state index contributed by atoms with van der Waals surface area (Å²) < 4.78 is 0. The van der Waals surface area contributed by atoms with Crippen LogP contribution in [-0.2, 0) is 9.59 Å². The summed E-state index contributed by atoms with van der Waals surface area (Å²) in [6, 6.07) is 6.32. The van der Waals surface area contributed by atoms with Crippen LogP contribution in [0.15, 0.2) is 24.3 Å². The molecule has 0 spiro atoms. The van der Waals surface area contributed by atoms with Gasteiger partial charge in [-0.1, -0.05) is 0 Å². The lowest BCUT2D eigenvalue weighted by Crippen LogP contribution is -2.52. The highest BCUT2D eigenvalue weighted by Gasteiger charge is 2.27. The van der Waals surface area contributed by atoms with E-state index in [1.807, 2.05) is 0 Å². The SMILES string of the molecule is CC(=O)Nc1ccc(C(=O)NC(C)(C)C(N)=O)cc1. The van der Waals surface area contributed by atoms with E-state index >= 15 is 0 Å². The van der Waals surface area contributed by atoms with Crippen LogP contribution < -0.4 is 16.4 Å². The van der Waals surface area contributed by atoms with Gasteiger partial charge in [0.1, 0.15) is 5.54 Å². The molecule has 0 heterocycles. The average molecular weight is 263 g/mol. The first kappa shape index (κ1) is 14.7. The van der Waals surface area contributed by atoms with E-state index in [-0.39, 0.29) is 5.91 Å². The van der Waals surface area contributed by atoms with E-state index in [0.29, 0.717) is 11.3 Å². The molecule has 0 radical (unpaired) electrons. The van der Waals surface area contributed by atoms with Crippen molar-refractivity contribution < 1.29 is 14.4 Å². The van der Waals surface area contributed by atoms with E-state index in [1.165, 1.54) is 20.8 Å². The number of nitrogens with two attached hydrogens (primary N) is 1. The van der Waals surface area contributed by atoms with Gasteiger partial charge in [0, 0.05) is 18.2 Å². The standard InChI is InChI=1S/C13H17N3O3/c1-8(17)15-10-6-4-9(5-7-10)11(18)16-13(2,3)12(14)19/h4-7H,1-3H3,(H2,14,19)(H,15,17)(H,16,18). The molecule has 6 nitrogen and oxygen atoms in total. The predicted octanol–water partition coefficient (Wildman–Crippen LogP) is 0.639. The molecule has 0 aliphatic rings. The molecule has 0 aromatic heterocycles. The van der Waals surface area contributed by atoms with Gasteiger partial charge in [-0.2, -0.15) is 0 Å². The van der Waals surface area contributed by atoms with Gasteiger partial charge < -0.3 is 16.4 Å². The van der Waals surface area contributed by atoms with Gasteiger partial charge in [0.05, 0.1) is 0 Å². The van der Waals surface area contributed by atoms with E-state index in [0.717, 1.165) is 0 Å². The summed E-state index contributed by atoms with van der Waals surface area (Å²) in [6.45, 7) is 4.45. The smallest absolute Gasteiger partial charge is 0.252 e. The molecule has 6 heteroatoms. The van der Waals surface area contributed by atoms with Gasteiger partial charge in [-0.25, -0.2) is 0 Å². The first-order chi connectivity index (χ1) is 8.72. The fourth-order valence-corrected chi connectivity index (χ4v) is 1.33. The molecule has 1 aromatic carbocycles. The van der Waals surface area contributed by atoms with Crippen LogP contribution in [-0.4, -0.2) is 23.3 Å². The maximum atomic E-state index is 11.9. The first-order valence-electron chi connectivity index (χ1n) is 5.72. The largest absolute Gasteiger partial charge is 0.368 e. The topological polar surface area (TPSA) is 101 Å². The molecule has 19 heavy (non-hydrogen) atoms. The molecule has 0 aliphatic heterocycles. The average Bonchev–Trinajstić information content (AvgIpc) is 2.28. The highest BCUT2D eigenvalue weighted by molar-refractivity contribution is 5.99. The number of hydrogen-bond acceptors (Lipinski definition) is 3. The Morgan fingerprint density at radius 3 is 2.05 bits per heavy atom. The van der Waals surface area contributed by atoms with Crippen LogP contribution in [0.5, 0.6) is 0 Å². The number of primary amides is 1. The minimum absolute atomic E-state index is 0.188. The lowest BCUT2D eigenvalue weighted by molar-refractivity contribution is -0.122. The number of benzene rings is 1. The van der Waals surface area contributed by atoms with Crippen molar-refractivity contribution in [3.05, 3.63) is 29.8 Å². The van der Waals surface area contributed by atoms with Gasteiger partial charge in [0.15, 0.2) is 0 Å². The lowest BCUT2D eigenvalue weighted by Gasteiger charge is -2.22. The monoisotopic (exact) mass is 263 g/mol. The summed E-state index contributed by atoms with van der Waals surface area (Å²) in [5.74, 6) is -1.21. The number of amides is 3. The van der Waals surface area contributed by atoms with Gasteiger partial charge in [-0.05, 0) is 38.1 Å². The summed E-state index contributed by atoms with van der Waals surface area (Å²) in [4.78, 5) is 33.9. The molecule has 0 saturated heterocycles. The number of anilines is 1. The number of carbonyl (C=O) groups is 3. The Kier molecular flexibility index (Phi) is 4.26. The molecular weight excluding hydrogens is 246 g/mol. The van der Waals surface area contributed by atoms with E-state index in [4.69, 9.17) is 5.73 Å². The second kappa shape index (κ2) is 5.51. The van der Waals surface area contributed by atoms with E-state index in [1.54, 1.807) is 24.3 Å². The molecule has 102 valence electrons. The van der Waals surface area contributed by atoms with Crippen LogP contribution in [0.1, 0.15) is 31.1 Å². The van der Waals surface area contributed by atoms with Crippen molar-refractivity contribution in [1.82, 2.24) is 5.32 Å². The lowest BCUT2D eigenvalue weighted by atomic mass is 10.0. The maximum Gasteiger partial charge on any atom is 0.252 e. The molecule has 1 rings (SSSR count). The number of nitrogens with one attached hydrogen (secondary N) is 2. The van der Waals surface area contributed by atoms with Crippen molar-refractivity contribution in [2.24, 2.45) is 5.73 Å². The first-order valence-corrected chi connectivity index (χ1v) is 5.72. The molecule has 0 fully saturated rings. The second-order valence-corrected chi connectivity index (χ2v) is 4.70. The van der Waals surface area contributed by atoms with Crippen LogP contribution in [0.3, 0.4) is 0 Å². The van der Waals surface area contributed by atoms with Crippen molar-refractivity contribution in [2.75, 3.05) is 5.32 Å². The fourth-order valence-electron chi connectivity index (χ4n) is 1.33. The Morgan fingerprint density at radius 1 is 1.11 bits per heavy atom. The normalized spacial score (nSPS) is 10.7. The van der Waals surface area contributed by atoms with Crippen LogP contribution in [0.4, 0.5) is 5.69 Å². The molecule has 0 saturated carbocycles. The summed E-state index contributed by atoms with van der Waals surface area (Å²) >= 11 is 0. The Labute approximate surface area is 111 Å². The highest BCUT2D eigenvalue weighted by atomic mass is 16.2. The Morgan fingerprint density at radius 2 is 1.63 bits per heavy atom. The van der Waals surface area contributed by atoms with E-state index in [9.17, 15) is 14.4 Å². The zero-order chi connectivity index (χ0) is 14.6. The Hall–Kier alpha value is -2.37. The zero-order valence-corrected chi connectivity index (χ0v) is 11.1.